The second kappa shape index (κ2) is 14.3. The van der Waals surface area contributed by atoms with Gasteiger partial charge in [0.2, 0.25) is 11.8 Å². The zero-order valence-electron chi connectivity index (χ0n) is 25.5. The Labute approximate surface area is 256 Å². The van der Waals surface area contributed by atoms with E-state index in [1.807, 2.05) is 43.1 Å². The molecule has 9 heteroatoms. The van der Waals surface area contributed by atoms with Crippen LogP contribution in [0.4, 0.5) is 0 Å². The molecule has 1 unspecified atom stereocenters. The smallest absolute Gasteiger partial charge is 0.328 e. The molecular formula is C33H49ClN4O4. The zero-order chi connectivity index (χ0) is 29.0. The van der Waals surface area contributed by atoms with Crippen molar-refractivity contribution in [1.29, 1.82) is 0 Å². The summed E-state index contributed by atoms with van der Waals surface area (Å²) < 4.78 is 5.77. The molecule has 3 aliphatic rings. The number of aromatic amines is 1. The molecule has 2 N–H and O–H groups in total. The lowest BCUT2D eigenvalue weighted by Crippen LogP contribution is -2.73. The fraction of sp³-hybridized carbons (Fsp3) is 0.667. The standard InChI is InChI=1S/C33H48N4O4.ClH/c1-4-5-17-37-30(38)28(20-24-9-7-6-8-10-24)35-32(40)33(37)14-18-36(19-15-33)29(31(39)41-22-23(2)3)26-11-12-27-25(21-26)13-16-34-27;/h11-13,16,21,23-24,28-29,34H,4-10,14-15,17-20,22H2,1-3H3,(H,35,40);1H/t28-,29?;/m0./s1. The van der Waals surface area contributed by atoms with Crippen molar-refractivity contribution in [2.45, 2.75) is 103 Å². The van der Waals surface area contributed by atoms with E-state index in [0.717, 1.165) is 48.6 Å². The third-order valence-corrected chi connectivity index (χ3v) is 9.50. The van der Waals surface area contributed by atoms with Crippen LogP contribution in [0.25, 0.3) is 10.9 Å². The number of halogens is 1. The summed E-state index contributed by atoms with van der Waals surface area (Å²) in [5.74, 6) is 0.562. The number of benzene rings is 1. The number of unbranched alkanes of at least 4 members (excludes halogenated alkanes) is 1. The van der Waals surface area contributed by atoms with Gasteiger partial charge in [0, 0.05) is 31.3 Å². The normalized spacial score (nSPS) is 22.3. The summed E-state index contributed by atoms with van der Waals surface area (Å²) in [5.41, 5.74) is 1.05. The van der Waals surface area contributed by atoms with Crippen LogP contribution >= 0.6 is 12.4 Å². The number of nitrogens with one attached hydrogen (secondary N) is 2. The topological polar surface area (TPSA) is 94.7 Å². The van der Waals surface area contributed by atoms with E-state index in [-0.39, 0.29) is 36.1 Å². The summed E-state index contributed by atoms with van der Waals surface area (Å²) in [5, 5.41) is 4.23. The number of ether oxygens (including phenoxy) is 1. The number of H-pyrrole nitrogens is 1. The minimum Gasteiger partial charge on any atom is -0.464 e. The zero-order valence-corrected chi connectivity index (χ0v) is 26.3. The maximum atomic E-state index is 13.9. The Balaban J connectivity index is 0.00000405. The summed E-state index contributed by atoms with van der Waals surface area (Å²) in [6.45, 7) is 8.22. The molecule has 2 saturated heterocycles. The molecule has 0 radical (unpaired) electrons. The van der Waals surface area contributed by atoms with E-state index in [1.54, 1.807) is 0 Å². The molecule has 3 fully saturated rings. The number of rotatable bonds is 10. The van der Waals surface area contributed by atoms with Crippen molar-refractivity contribution >= 4 is 41.1 Å². The first-order valence-electron chi connectivity index (χ1n) is 15.9. The number of aromatic nitrogens is 1. The van der Waals surface area contributed by atoms with Crippen molar-refractivity contribution in [3.05, 3.63) is 36.0 Å². The second-order valence-electron chi connectivity index (χ2n) is 12.9. The number of nitrogens with zero attached hydrogens (tertiary/aromatic N) is 2. The van der Waals surface area contributed by atoms with Crippen molar-refractivity contribution in [2.75, 3.05) is 26.2 Å². The van der Waals surface area contributed by atoms with Gasteiger partial charge in [-0.25, -0.2) is 4.79 Å². The van der Waals surface area contributed by atoms with Crippen molar-refractivity contribution in [2.24, 2.45) is 11.8 Å². The summed E-state index contributed by atoms with van der Waals surface area (Å²) in [6.07, 6.45) is 11.5. The molecule has 1 spiro atoms. The predicted octanol–water partition coefficient (Wildman–Crippen LogP) is 5.76. The van der Waals surface area contributed by atoms with E-state index in [1.165, 1.54) is 19.3 Å². The molecule has 8 nitrogen and oxygen atoms in total. The van der Waals surface area contributed by atoms with Crippen molar-refractivity contribution < 1.29 is 19.1 Å². The number of fused-ring (bicyclic) bond motifs is 1. The van der Waals surface area contributed by atoms with Crippen LogP contribution in [0.15, 0.2) is 30.5 Å². The first-order chi connectivity index (χ1) is 19.8. The highest BCUT2D eigenvalue weighted by atomic mass is 35.5. The molecule has 1 saturated carbocycles. The van der Waals surface area contributed by atoms with Crippen LogP contribution in [0.1, 0.15) is 96.6 Å². The maximum absolute atomic E-state index is 13.9. The molecule has 1 aromatic heterocycles. The van der Waals surface area contributed by atoms with Gasteiger partial charge < -0.3 is 19.9 Å². The van der Waals surface area contributed by atoms with Crippen molar-refractivity contribution in [3.63, 3.8) is 0 Å². The fourth-order valence-electron chi connectivity index (χ4n) is 7.15. The van der Waals surface area contributed by atoms with Crippen LogP contribution in [0.3, 0.4) is 0 Å². The minimum absolute atomic E-state index is 0. The number of carbonyl (C=O) groups excluding carboxylic acids is 3. The number of carbonyl (C=O) groups is 3. The quantitative estimate of drug-likeness (QED) is 0.338. The average molecular weight is 601 g/mol. The summed E-state index contributed by atoms with van der Waals surface area (Å²) >= 11 is 0. The lowest BCUT2D eigenvalue weighted by molar-refractivity contribution is -0.164. The van der Waals surface area contributed by atoms with Gasteiger partial charge in [-0.3, -0.25) is 14.5 Å². The third kappa shape index (κ3) is 6.80. The molecule has 1 aliphatic carbocycles. The van der Waals surface area contributed by atoms with Gasteiger partial charge in [0.05, 0.1) is 6.61 Å². The number of piperidine rings is 1. The highest BCUT2D eigenvalue weighted by Gasteiger charge is 2.54. The van der Waals surface area contributed by atoms with Crippen LogP contribution in [-0.2, 0) is 19.1 Å². The molecule has 1 aromatic carbocycles. The van der Waals surface area contributed by atoms with Crippen LogP contribution in [0.5, 0.6) is 0 Å². The van der Waals surface area contributed by atoms with Crippen LogP contribution in [0.2, 0.25) is 0 Å². The monoisotopic (exact) mass is 600 g/mol. The van der Waals surface area contributed by atoms with Crippen LogP contribution in [-0.4, -0.2) is 70.4 Å². The Morgan fingerprint density at radius 1 is 1.10 bits per heavy atom. The Kier molecular flexibility index (Phi) is 11.0. The molecule has 2 aromatic rings. The van der Waals surface area contributed by atoms with Gasteiger partial charge in [0.1, 0.15) is 17.6 Å². The Morgan fingerprint density at radius 2 is 1.83 bits per heavy atom. The molecule has 42 heavy (non-hydrogen) atoms. The fourth-order valence-corrected chi connectivity index (χ4v) is 7.15. The predicted molar refractivity (Wildman–Crippen MR) is 167 cm³/mol. The van der Waals surface area contributed by atoms with Crippen molar-refractivity contribution in [1.82, 2.24) is 20.1 Å². The molecular weight excluding hydrogens is 552 g/mol. The Hall–Kier alpha value is -2.58. The SMILES string of the molecule is CCCCN1C(=O)[C@H](CC2CCCCC2)NC(=O)C12CCN(C(C(=O)OCC(C)C)c1ccc3[nH]ccc3c1)CC2.Cl. The van der Waals surface area contributed by atoms with Gasteiger partial charge in [-0.1, -0.05) is 65.4 Å². The third-order valence-electron chi connectivity index (χ3n) is 9.50. The summed E-state index contributed by atoms with van der Waals surface area (Å²) in [7, 11) is 0. The van der Waals surface area contributed by atoms with E-state index in [0.29, 0.717) is 45.0 Å². The largest absolute Gasteiger partial charge is 0.464 e. The number of hydrogen-bond donors (Lipinski definition) is 2. The van der Waals surface area contributed by atoms with Crippen LogP contribution in [0, 0.1) is 11.8 Å². The number of likely N-dealkylation sites (tertiary alicyclic amines) is 1. The number of hydrogen-bond acceptors (Lipinski definition) is 5. The second-order valence-corrected chi connectivity index (χ2v) is 12.9. The molecule has 3 heterocycles. The first kappa shape index (κ1) is 32.3. The van der Waals surface area contributed by atoms with Gasteiger partial charge in [-0.15, -0.1) is 12.4 Å². The molecule has 5 rings (SSSR count). The highest BCUT2D eigenvalue weighted by molar-refractivity contribution is 6.00. The molecule has 0 bridgehead atoms. The summed E-state index contributed by atoms with van der Waals surface area (Å²) in [6, 6.07) is 7.08. The Morgan fingerprint density at radius 3 is 2.52 bits per heavy atom. The molecule has 2 atom stereocenters. The van der Waals surface area contributed by atoms with E-state index < -0.39 is 17.6 Å². The maximum Gasteiger partial charge on any atom is 0.328 e. The Bertz CT molecular complexity index is 1220. The van der Waals surface area contributed by atoms with Crippen LogP contribution < -0.4 is 5.32 Å². The average Bonchev–Trinajstić information content (AvgIpc) is 3.45. The van der Waals surface area contributed by atoms with Gasteiger partial charge in [-0.2, -0.15) is 0 Å². The molecule has 2 aliphatic heterocycles. The van der Waals surface area contributed by atoms with E-state index >= 15 is 0 Å². The van der Waals surface area contributed by atoms with Crippen molar-refractivity contribution in [3.8, 4) is 0 Å². The number of amides is 2. The number of piperazine rings is 1. The molecule has 2 amide bonds. The first-order valence-corrected chi connectivity index (χ1v) is 15.9. The highest BCUT2D eigenvalue weighted by Crippen LogP contribution is 2.38. The molecule has 232 valence electrons. The number of esters is 1. The van der Waals surface area contributed by atoms with E-state index in [9.17, 15) is 14.4 Å². The minimum atomic E-state index is -0.858. The van der Waals surface area contributed by atoms with Gasteiger partial charge in [0.25, 0.3) is 0 Å². The van der Waals surface area contributed by atoms with E-state index in [4.69, 9.17) is 4.74 Å². The van der Waals surface area contributed by atoms with Gasteiger partial charge >= 0.3 is 5.97 Å². The lowest BCUT2D eigenvalue weighted by atomic mass is 9.78. The lowest BCUT2D eigenvalue weighted by Gasteiger charge is -2.52. The summed E-state index contributed by atoms with van der Waals surface area (Å²) in [4.78, 5) is 48.7. The van der Waals surface area contributed by atoms with Gasteiger partial charge in [0.15, 0.2) is 0 Å². The van der Waals surface area contributed by atoms with E-state index in [2.05, 4.69) is 28.2 Å². The van der Waals surface area contributed by atoms with Gasteiger partial charge in [-0.05, 0) is 66.7 Å².